The van der Waals surface area contributed by atoms with Crippen LogP contribution in [0.4, 0.5) is 0 Å². The molecule has 0 heterocycles. The summed E-state index contributed by atoms with van der Waals surface area (Å²) >= 11 is 0. The molecule has 0 spiro atoms. The third-order valence-corrected chi connectivity index (χ3v) is 16.2. The summed E-state index contributed by atoms with van der Waals surface area (Å²) in [5.41, 5.74) is 0. The topological polar surface area (TPSA) is 95.9 Å². The highest BCUT2D eigenvalue weighted by atomic mass is 16.5. The molecule has 0 aliphatic rings. The first-order valence-corrected chi connectivity index (χ1v) is 34.6. The van der Waals surface area contributed by atoms with Crippen molar-refractivity contribution in [2.75, 3.05) is 13.2 Å². The van der Waals surface area contributed by atoms with E-state index in [1.54, 1.807) is 6.08 Å². The SMILES string of the molecule is CCCC/C=C\CCCCCCCC(=O)OCCCCCCCCCCCCCCCCCCCCCCCCCCCCC(=O)NC(CO)C(O)/C=C/CCCCCCCCCCCCCCCCCCCCCC. The zero-order valence-corrected chi connectivity index (χ0v) is 51.5. The molecular weight excluding hydrogens is 935 g/mol. The number of unbranched alkanes of at least 4 members (excludes halogenated alkanes) is 52. The molecule has 0 fully saturated rings. The van der Waals surface area contributed by atoms with Crippen LogP contribution in [0.1, 0.15) is 386 Å². The Morgan fingerprint density at radius 2 is 0.632 bits per heavy atom. The number of rotatable bonds is 65. The standard InChI is InChI=1S/C70H135NO5/c1-3-5-7-9-11-13-15-16-17-18-19-20-27-30-33-36-39-43-46-50-54-58-62-68(73)67(66-72)71-69(74)63-59-55-51-47-44-40-37-34-31-28-25-23-21-22-24-26-29-32-35-38-41-45-49-53-57-61-65-76-70(75)64-60-56-52-48-42-14-12-10-8-6-4-2/h10,12,58,62,67-68,72-73H,3-9,11,13-57,59-61,63-66H2,1-2H3,(H,71,74)/b12-10-,62-58+. The van der Waals surface area contributed by atoms with Gasteiger partial charge in [-0.2, -0.15) is 0 Å². The molecule has 0 aliphatic carbocycles. The zero-order chi connectivity index (χ0) is 55.0. The maximum atomic E-state index is 12.5. The predicted molar refractivity (Wildman–Crippen MR) is 333 cm³/mol. The fourth-order valence-corrected chi connectivity index (χ4v) is 10.9. The van der Waals surface area contributed by atoms with Crippen LogP contribution in [0.3, 0.4) is 0 Å². The van der Waals surface area contributed by atoms with Gasteiger partial charge in [-0.05, 0) is 51.4 Å². The Morgan fingerprint density at radius 3 is 0.974 bits per heavy atom. The van der Waals surface area contributed by atoms with Gasteiger partial charge in [0.1, 0.15) is 0 Å². The Bertz CT molecular complexity index is 1190. The molecule has 2 unspecified atom stereocenters. The highest BCUT2D eigenvalue weighted by molar-refractivity contribution is 5.76. The lowest BCUT2D eigenvalue weighted by atomic mass is 10.0. The first kappa shape index (κ1) is 74.3. The van der Waals surface area contributed by atoms with Gasteiger partial charge in [0.05, 0.1) is 25.4 Å². The van der Waals surface area contributed by atoms with E-state index in [1.807, 2.05) is 6.08 Å². The number of amides is 1. The summed E-state index contributed by atoms with van der Waals surface area (Å²) < 4.78 is 5.47. The smallest absolute Gasteiger partial charge is 0.305 e. The van der Waals surface area contributed by atoms with E-state index in [0.29, 0.717) is 19.4 Å². The third kappa shape index (κ3) is 61.6. The van der Waals surface area contributed by atoms with Gasteiger partial charge in [0.15, 0.2) is 0 Å². The van der Waals surface area contributed by atoms with Crippen LogP contribution in [-0.2, 0) is 14.3 Å². The zero-order valence-electron chi connectivity index (χ0n) is 51.5. The van der Waals surface area contributed by atoms with Crippen LogP contribution in [0.2, 0.25) is 0 Å². The van der Waals surface area contributed by atoms with Gasteiger partial charge in [-0.25, -0.2) is 0 Å². The van der Waals surface area contributed by atoms with Crippen molar-refractivity contribution in [2.24, 2.45) is 0 Å². The number of aliphatic hydroxyl groups is 2. The number of nitrogens with one attached hydrogen (secondary N) is 1. The Kier molecular flexibility index (Phi) is 64.4. The van der Waals surface area contributed by atoms with Crippen molar-refractivity contribution in [3.8, 4) is 0 Å². The average molecular weight is 1070 g/mol. The van der Waals surface area contributed by atoms with Crippen molar-refractivity contribution in [2.45, 2.75) is 398 Å². The van der Waals surface area contributed by atoms with E-state index in [-0.39, 0.29) is 18.5 Å². The largest absolute Gasteiger partial charge is 0.466 e. The van der Waals surface area contributed by atoms with Gasteiger partial charge in [0.25, 0.3) is 0 Å². The molecule has 0 bridgehead atoms. The molecule has 0 saturated carbocycles. The summed E-state index contributed by atoms with van der Waals surface area (Å²) in [6.07, 6.45) is 82.5. The van der Waals surface area contributed by atoms with E-state index in [2.05, 4.69) is 31.3 Å². The predicted octanol–water partition coefficient (Wildman–Crippen LogP) is 22.1. The molecule has 0 aromatic carbocycles. The molecule has 2 atom stereocenters. The summed E-state index contributed by atoms with van der Waals surface area (Å²) in [6, 6.07) is -0.627. The van der Waals surface area contributed by atoms with Gasteiger partial charge in [-0.3, -0.25) is 9.59 Å². The minimum atomic E-state index is -0.844. The van der Waals surface area contributed by atoms with Gasteiger partial charge < -0.3 is 20.3 Å². The number of ether oxygens (including phenoxy) is 1. The summed E-state index contributed by atoms with van der Waals surface area (Å²) in [6.45, 7) is 4.90. The second-order valence-corrected chi connectivity index (χ2v) is 23.9. The maximum Gasteiger partial charge on any atom is 0.305 e. The fraction of sp³-hybridized carbons (Fsp3) is 0.914. The molecule has 6 heteroatoms. The molecule has 3 N–H and O–H groups in total. The number of carbonyl (C=O) groups is 2. The number of aliphatic hydroxyl groups excluding tert-OH is 2. The molecule has 0 saturated heterocycles. The van der Waals surface area contributed by atoms with Crippen molar-refractivity contribution in [1.82, 2.24) is 5.32 Å². The van der Waals surface area contributed by atoms with Crippen LogP contribution in [0, 0.1) is 0 Å². The lowest BCUT2D eigenvalue weighted by Crippen LogP contribution is -2.45. The van der Waals surface area contributed by atoms with Crippen molar-refractivity contribution in [3.05, 3.63) is 24.3 Å². The Morgan fingerprint density at radius 1 is 0.355 bits per heavy atom. The lowest BCUT2D eigenvalue weighted by molar-refractivity contribution is -0.143. The second kappa shape index (κ2) is 65.9. The molecule has 0 rings (SSSR count). The van der Waals surface area contributed by atoms with Crippen molar-refractivity contribution in [3.63, 3.8) is 0 Å². The first-order chi connectivity index (χ1) is 37.5. The van der Waals surface area contributed by atoms with Crippen LogP contribution < -0.4 is 5.32 Å². The fourth-order valence-electron chi connectivity index (χ4n) is 10.9. The second-order valence-electron chi connectivity index (χ2n) is 23.9. The van der Waals surface area contributed by atoms with E-state index in [4.69, 9.17) is 4.74 Å². The minimum absolute atomic E-state index is 0.00631. The summed E-state index contributed by atoms with van der Waals surface area (Å²) in [7, 11) is 0. The van der Waals surface area contributed by atoms with Crippen molar-refractivity contribution < 1.29 is 24.5 Å². The Hall–Kier alpha value is -1.66. The molecule has 76 heavy (non-hydrogen) atoms. The third-order valence-electron chi connectivity index (χ3n) is 16.2. The molecule has 0 aliphatic heterocycles. The van der Waals surface area contributed by atoms with Crippen LogP contribution in [0.5, 0.6) is 0 Å². The molecule has 1 amide bonds. The Balaban J connectivity index is 3.39. The quantitative estimate of drug-likeness (QED) is 0.0320. The molecule has 0 aromatic heterocycles. The molecule has 6 nitrogen and oxygen atoms in total. The van der Waals surface area contributed by atoms with E-state index in [1.165, 1.54) is 315 Å². The minimum Gasteiger partial charge on any atom is -0.466 e. The van der Waals surface area contributed by atoms with Gasteiger partial charge in [-0.1, -0.05) is 346 Å². The van der Waals surface area contributed by atoms with Crippen LogP contribution in [0.25, 0.3) is 0 Å². The number of esters is 1. The number of carbonyl (C=O) groups excluding carboxylic acids is 2. The van der Waals surface area contributed by atoms with Gasteiger partial charge in [-0.15, -0.1) is 0 Å². The van der Waals surface area contributed by atoms with E-state index < -0.39 is 12.1 Å². The number of allylic oxidation sites excluding steroid dienone is 3. The molecule has 0 radical (unpaired) electrons. The van der Waals surface area contributed by atoms with E-state index >= 15 is 0 Å². The molecular formula is C70H135NO5. The first-order valence-electron chi connectivity index (χ1n) is 34.6. The summed E-state index contributed by atoms with van der Waals surface area (Å²) in [4.78, 5) is 24.5. The average Bonchev–Trinajstić information content (AvgIpc) is 3.42. The van der Waals surface area contributed by atoms with Crippen LogP contribution in [0.15, 0.2) is 24.3 Å². The van der Waals surface area contributed by atoms with Crippen molar-refractivity contribution in [1.29, 1.82) is 0 Å². The van der Waals surface area contributed by atoms with Crippen LogP contribution in [-0.4, -0.2) is 47.4 Å². The molecule has 0 aromatic rings. The van der Waals surface area contributed by atoms with Crippen LogP contribution >= 0.6 is 0 Å². The highest BCUT2D eigenvalue weighted by Gasteiger charge is 2.18. The van der Waals surface area contributed by atoms with Gasteiger partial charge in [0, 0.05) is 12.8 Å². The van der Waals surface area contributed by atoms with E-state index in [9.17, 15) is 19.8 Å². The number of hydrogen-bond acceptors (Lipinski definition) is 5. The lowest BCUT2D eigenvalue weighted by Gasteiger charge is -2.20. The van der Waals surface area contributed by atoms with Crippen molar-refractivity contribution >= 4 is 11.9 Å². The highest BCUT2D eigenvalue weighted by Crippen LogP contribution is 2.19. The monoisotopic (exact) mass is 1070 g/mol. The normalized spacial score (nSPS) is 12.6. The summed E-state index contributed by atoms with van der Waals surface area (Å²) in [5, 5.41) is 23.3. The van der Waals surface area contributed by atoms with E-state index in [0.717, 1.165) is 44.9 Å². The van der Waals surface area contributed by atoms with Gasteiger partial charge in [0.2, 0.25) is 5.91 Å². The molecule has 450 valence electrons. The van der Waals surface area contributed by atoms with Gasteiger partial charge >= 0.3 is 5.97 Å². The maximum absolute atomic E-state index is 12.5. The summed E-state index contributed by atoms with van der Waals surface area (Å²) in [5.74, 6) is -0.0553. The number of hydrogen-bond donors (Lipinski definition) is 3. The Labute approximate surface area is 475 Å².